The number of para-hydroxylation sites is 1. The molecule has 0 saturated carbocycles. The van der Waals surface area contributed by atoms with Crippen molar-refractivity contribution in [3.05, 3.63) is 40.1 Å². The number of aliphatic carboxylic acids is 1. The summed E-state index contributed by atoms with van der Waals surface area (Å²) in [7, 11) is 0. The third-order valence-corrected chi connectivity index (χ3v) is 3.18. The van der Waals surface area contributed by atoms with Crippen LogP contribution in [-0.4, -0.2) is 40.0 Å². The van der Waals surface area contributed by atoms with E-state index in [4.69, 9.17) is 9.84 Å². The van der Waals surface area contributed by atoms with E-state index < -0.39 is 23.3 Å². The zero-order valence-electron chi connectivity index (χ0n) is 13.7. The Labute approximate surface area is 142 Å². The van der Waals surface area contributed by atoms with Crippen LogP contribution < -0.4 is 10.1 Å². The second-order valence-electron chi connectivity index (χ2n) is 5.72. The molecule has 0 aliphatic carbocycles. The van der Waals surface area contributed by atoms with E-state index in [1.54, 1.807) is 6.07 Å². The summed E-state index contributed by atoms with van der Waals surface area (Å²) in [6.07, 6.45) is 0. The van der Waals surface area contributed by atoms with E-state index in [0.29, 0.717) is 12.0 Å². The number of ether oxygens (including phenoxy) is 1. The maximum atomic E-state index is 12.1. The van der Waals surface area contributed by atoms with E-state index in [-0.39, 0.29) is 28.6 Å². The highest BCUT2D eigenvalue weighted by Gasteiger charge is 2.20. The van der Waals surface area contributed by atoms with Crippen molar-refractivity contribution in [1.29, 1.82) is 0 Å². The van der Waals surface area contributed by atoms with Gasteiger partial charge in [-0.3, -0.25) is 19.7 Å². The number of amides is 1. The number of nitro groups is 1. The number of pyridine rings is 1. The lowest BCUT2D eigenvalue weighted by Gasteiger charge is -2.13. The van der Waals surface area contributed by atoms with Crippen molar-refractivity contribution in [1.82, 2.24) is 10.3 Å². The molecular formula is C16H17N3O6. The minimum Gasteiger partial charge on any atom is -0.493 e. The summed E-state index contributed by atoms with van der Waals surface area (Å²) in [4.78, 5) is 37.4. The van der Waals surface area contributed by atoms with E-state index in [1.807, 2.05) is 13.8 Å². The molecule has 9 heteroatoms. The topological polar surface area (TPSA) is 132 Å². The number of hydrogen-bond donors (Lipinski definition) is 2. The zero-order valence-corrected chi connectivity index (χ0v) is 13.7. The lowest BCUT2D eigenvalue weighted by molar-refractivity contribution is -0.383. The molecule has 0 radical (unpaired) electrons. The summed E-state index contributed by atoms with van der Waals surface area (Å²) in [5.74, 6) is -1.48. The van der Waals surface area contributed by atoms with Crippen molar-refractivity contribution in [2.24, 2.45) is 5.92 Å². The maximum absolute atomic E-state index is 12.1. The standard InChI is InChI=1S/C16H17N3O6/c1-9(2)8-25-13-6-11(16(22)17-7-14(20)21)18-15-10(13)4-3-5-12(15)19(23)24/h3-6,9H,7-8H2,1-2H3,(H,17,22)(H,20,21). The Morgan fingerprint density at radius 1 is 1.40 bits per heavy atom. The van der Waals surface area contributed by atoms with Crippen LogP contribution in [0.1, 0.15) is 24.3 Å². The van der Waals surface area contributed by atoms with Crippen molar-refractivity contribution in [3.8, 4) is 5.75 Å². The Hall–Kier alpha value is -3.23. The van der Waals surface area contributed by atoms with Crippen LogP contribution in [0.4, 0.5) is 5.69 Å². The first-order chi connectivity index (χ1) is 11.8. The number of carbonyl (C=O) groups is 2. The molecule has 2 N–H and O–H groups in total. The summed E-state index contributed by atoms with van der Waals surface area (Å²) in [6.45, 7) is 3.63. The van der Waals surface area contributed by atoms with Gasteiger partial charge in [0.1, 0.15) is 18.0 Å². The number of non-ortho nitro benzene ring substituents is 1. The normalized spacial score (nSPS) is 10.7. The number of hydrogen-bond acceptors (Lipinski definition) is 6. The molecule has 9 nitrogen and oxygen atoms in total. The van der Waals surface area contributed by atoms with Gasteiger partial charge >= 0.3 is 5.97 Å². The average molecular weight is 347 g/mol. The molecule has 1 heterocycles. The molecule has 0 unspecified atom stereocenters. The van der Waals surface area contributed by atoms with Crippen LogP contribution in [-0.2, 0) is 4.79 Å². The first kappa shape index (κ1) is 18.1. The molecule has 132 valence electrons. The Balaban J connectivity index is 2.55. The molecule has 0 atom stereocenters. The fraction of sp³-hybridized carbons (Fsp3) is 0.312. The van der Waals surface area contributed by atoms with Crippen LogP contribution >= 0.6 is 0 Å². The van der Waals surface area contributed by atoms with Gasteiger partial charge in [0.25, 0.3) is 11.6 Å². The fourth-order valence-corrected chi connectivity index (χ4v) is 2.09. The van der Waals surface area contributed by atoms with Crippen molar-refractivity contribution >= 4 is 28.5 Å². The van der Waals surface area contributed by atoms with Crippen LogP contribution in [0.15, 0.2) is 24.3 Å². The second-order valence-corrected chi connectivity index (χ2v) is 5.72. The summed E-state index contributed by atoms with van der Waals surface area (Å²) >= 11 is 0. The molecule has 0 saturated heterocycles. The van der Waals surface area contributed by atoms with E-state index >= 15 is 0 Å². The number of carbonyl (C=O) groups excluding carboxylic acids is 1. The van der Waals surface area contributed by atoms with Gasteiger partial charge in [-0.05, 0) is 12.0 Å². The molecule has 0 fully saturated rings. The van der Waals surface area contributed by atoms with Gasteiger partial charge in [0, 0.05) is 17.5 Å². The van der Waals surface area contributed by atoms with Crippen LogP contribution in [0.5, 0.6) is 5.75 Å². The Kier molecular flexibility index (Phi) is 5.48. The summed E-state index contributed by atoms with van der Waals surface area (Å²) < 4.78 is 5.67. The van der Waals surface area contributed by atoms with Crippen LogP contribution in [0, 0.1) is 16.0 Å². The number of carboxylic acid groups (broad SMARTS) is 1. The van der Waals surface area contributed by atoms with Crippen molar-refractivity contribution < 1.29 is 24.4 Å². The fourth-order valence-electron chi connectivity index (χ4n) is 2.09. The highest BCUT2D eigenvalue weighted by Crippen LogP contribution is 2.31. The highest BCUT2D eigenvalue weighted by molar-refractivity contribution is 6.00. The van der Waals surface area contributed by atoms with E-state index in [2.05, 4.69) is 10.3 Å². The number of fused-ring (bicyclic) bond motifs is 1. The van der Waals surface area contributed by atoms with Gasteiger partial charge in [-0.15, -0.1) is 0 Å². The van der Waals surface area contributed by atoms with Gasteiger partial charge in [-0.25, -0.2) is 4.98 Å². The summed E-state index contributed by atoms with van der Waals surface area (Å²) in [5, 5.41) is 22.5. The van der Waals surface area contributed by atoms with Gasteiger partial charge in [0.05, 0.1) is 11.5 Å². The molecule has 1 amide bonds. The number of nitro benzene ring substituents is 1. The molecule has 25 heavy (non-hydrogen) atoms. The summed E-state index contributed by atoms with van der Waals surface area (Å²) in [5.41, 5.74) is -0.407. The SMILES string of the molecule is CC(C)COc1cc(C(=O)NCC(=O)O)nc2c([N+](=O)[O-])cccc12. The van der Waals surface area contributed by atoms with Gasteiger partial charge in [0.2, 0.25) is 0 Å². The number of benzene rings is 1. The number of rotatable bonds is 7. The number of carboxylic acids is 1. The van der Waals surface area contributed by atoms with Gasteiger partial charge in [0.15, 0.2) is 5.52 Å². The average Bonchev–Trinajstić information content (AvgIpc) is 2.56. The lowest BCUT2D eigenvalue weighted by Crippen LogP contribution is -2.30. The van der Waals surface area contributed by atoms with E-state index in [0.717, 1.165) is 0 Å². The van der Waals surface area contributed by atoms with Crippen LogP contribution in [0.2, 0.25) is 0 Å². The van der Waals surface area contributed by atoms with Gasteiger partial charge in [-0.1, -0.05) is 19.9 Å². The number of nitrogens with zero attached hydrogens (tertiary/aromatic N) is 2. The summed E-state index contributed by atoms with van der Waals surface area (Å²) in [6, 6.07) is 5.75. The lowest BCUT2D eigenvalue weighted by atomic mass is 10.1. The van der Waals surface area contributed by atoms with Crippen LogP contribution in [0.3, 0.4) is 0 Å². The quantitative estimate of drug-likeness (QED) is 0.578. The number of aromatic nitrogens is 1. The molecular weight excluding hydrogens is 330 g/mol. The monoisotopic (exact) mass is 347 g/mol. The predicted octanol–water partition coefficient (Wildman–Crippen LogP) is 1.99. The van der Waals surface area contributed by atoms with Crippen molar-refractivity contribution in [2.75, 3.05) is 13.2 Å². The van der Waals surface area contributed by atoms with Gasteiger partial charge < -0.3 is 15.2 Å². The molecule has 1 aromatic heterocycles. The first-order valence-corrected chi connectivity index (χ1v) is 7.50. The molecule has 0 aliphatic rings. The zero-order chi connectivity index (χ0) is 18.6. The van der Waals surface area contributed by atoms with Crippen LogP contribution in [0.25, 0.3) is 10.9 Å². The van der Waals surface area contributed by atoms with E-state index in [1.165, 1.54) is 18.2 Å². The molecule has 0 bridgehead atoms. The largest absolute Gasteiger partial charge is 0.493 e. The predicted molar refractivity (Wildman–Crippen MR) is 88.7 cm³/mol. The smallest absolute Gasteiger partial charge is 0.322 e. The Bertz CT molecular complexity index is 834. The second kappa shape index (κ2) is 7.56. The molecule has 0 aliphatic heterocycles. The molecule has 1 aromatic carbocycles. The molecule has 2 aromatic rings. The third-order valence-electron chi connectivity index (χ3n) is 3.18. The number of nitrogens with one attached hydrogen (secondary N) is 1. The maximum Gasteiger partial charge on any atom is 0.322 e. The first-order valence-electron chi connectivity index (χ1n) is 7.50. The van der Waals surface area contributed by atoms with Gasteiger partial charge in [-0.2, -0.15) is 0 Å². The highest BCUT2D eigenvalue weighted by atomic mass is 16.6. The minimum absolute atomic E-state index is 0.00855. The Morgan fingerprint density at radius 2 is 2.12 bits per heavy atom. The van der Waals surface area contributed by atoms with Crippen molar-refractivity contribution in [2.45, 2.75) is 13.8 Å². The minimum atomic E-state index is -1.21. The molecule has 2 rings (SSSR count). The third kappa shape index (κ3) is 4.40. The Morgan fingerprint density at radius 3 is 2.72 bits per heavy atom. The van der Waals surface area contributed by atoms with E-state index in [9.17, 15) is 19.7 Å². The van der Waals surface area contributed by atoms with Crippen molar-refractivity contribution in [3.63, 3.8) is 0 Å². The molecule has 0 spiro atoms.